The molecular formula is C32H39N7O2. The molecule has 214 valence electrons. The standard InChI is InChI=1S/C32H39N7O2/c33-30(24-12-16-26(17-13-24)38-20-5-2-6-21-38)39(22-23-10-14-25(15-11-23)37-18-3-1-4-19-37)32(41)35-28-9-7-8-27-29(28)36-31(40)34-27/h7-17,30H,1-6,18-22,33H2,(H,35,41)(H2,34,36,40). The molecule has 0 saturated carbocycles. The van der Waals surface area contributed by atoms with Crippen molar-refractivity contribution in [3.8, 4) is 0 Å². The zero-order valence-electron chi connectivity index (χ0n) is 23.4. The normalized spacial score (nSPS) is 16.5. The average Bonchev–Trinajstić information content (AvgIpc) is 3.42. The van der Waals surface area contributed by atoms with Gasteiger partial charge < -0.3 is 35.7 Å². The molecular weight excluding hydrogens is 514 g/mol. The van der Waals surface area contributed by atoms with Crippen LogP contribution in [0.15, 0.2) is 71.5 Å². The fraction of sp³-hybridized carbons (Fsp3) is 0.375. The molecule has 6 rings (SSSR count). The van der Waals surface area contributed by atoms with Crippen molar-refractivity contribution in [3.05, 3.63) is 88.3 Å². The molecule has 1 atom stereocenters. The maximum absolute atomic E-state index is 13.8. The van der Waals surface area contributed by atoms with Crippen LogP contribution in [0.2, 0.25) is 0 Å². The van der Waals surface area contributed by atoms with Crippen molar-refractivity contribution in [2.45, 2.75) is 51.2 Å². The summed E-state index contributed by atoms with van der Waals surface area (Å²) in [6.45, 7) is 4.64. The number of hydrogen-bond acceptors (Lipinski definition) is 5. The van der Waals surface area contributed by atoms with Crippen molar-refractivity contribution >= 4 is 34.1 Å². The van der Waals surface area contributed by atoms with Gasteiger partial charge in [0.1, 0.15) is 6.17 Å². The van der Waals surface area contributed by atoms with Gasteiger partial charge >= 0.3 is 11.7 Å². The van der Waals surface area contributed by atoms with E-state index in [-0.39, 0.29) is 11.7 Å². The molecule has 3 aromatic carbocycles. The van der Waals surface area contributed by atoms with Crippen molar-refractivity contribution in [1.82, 2.24) is 14.9 Å². The smallest absolute Gasteiger partial charge is 0.323 e. The van der Waals surface area contributed by atoms with Crippen molar-refractivity contribution < 1.29 is 4.79 Å². The van der Waals surface area contributed by atoms with Crippen molar-refractivity contribution in [1.29, 1.82) is 0 Å². The fourth-order valence-corrected chi connectivity index (χ4v) is 6.02. The van der Waals surface area contributed by atoms with Gasteiger partial charge in [-0.05, 0) is 86.1 Å². The highest BCUT2D eigenvalue weighted by molar-refractivity contribution is 5.98. The predicted octanol–water partition coefficient (Wildman–Crippen LogP) is 5.53. The van der Waals surface area contributed by atoms with Gasteiger partial charge in [0, 0.05) is 44.1 Å². The van der Waals surface area contributed by atoms with E-state index < -0.39 is 6.17 Å². The number of nitrogens with one attached hydrogen (secondary N) is 3. The molecule has 0 aliphatic carbocycles. The number of imidazole rings is 1. The zero-order valence-corrected chi connectivity index (χ0v) is 23.4. The van der Waals surface area contributed by atoms with E-state index in [9.17, 15) is 9.59 Å². The number of aromatic nitrogens is 2. The first kappa shape index (κ1) is 27.0. The van der Waals surface area contributed by atoms with Crippen LogP contribution in [0, 0.1) is 0 Å². The zero-order chi connectivity index (χ0) is 28.2. The largest absolute Gasteiger partial charge is 0.372 e. The number of carbonyl (C=O) groups excluding carboxylic acids is 1. The van der Waals surface area contributed by atoms with Gasteiger partial charge in [-0.2, -0.15) is 0 Å². The van der Waals surface area contributed by atoms with Crippen LogP contribution in [-0.2, 0) is 6.54 Å². The van der Waals surface area contributed by atoms with Crippen molar-refractivity contribution in [3.63, 3.8) is 0 Å². The number of carbonyl (C=O) groups is 1. The maximum Gasteiger partial charge on any atom is 0.323 e. The third-order valence-electron chi connectivity index (χ3n) is 8.36. The Bertz CT molecular complexity index is 1510. The third kappa shape index (κ3) is 6.10. The SMILES string of the molecule is NC(c1ccc(N2CCCCC2)cc1)N(Cc1ccc(N2CCCCC2)cc1)C(=O)Nc1cccc2[nH]c(=O)[nH]c12. The van der Waals surface area contributed by atoms with E-state index >= 15 is 0 Å². The number of H-pyrrole nitrogens is 2. The minimum absolute atomic E-state index is 0.321. The van der Waals surface area contributed by atoms with Gasteiger partial charge in [0.25, 0.3) is 0 Å². The number of amides is 2. The number of urea groups is 1. The van der Waals surface area contributed by atoms with Crippen LogP contribution in [0.4, 0.5) is 21.9 Å². The number of anilines is 3. The molecule has 9 nitrogen and oxygen atoms in total. The first-order valence-corrected chi connectivity index (χ1v) is 14.8. The highest BCUT2D eigenvalue weighted by Crippen LogP contribution is 2.27. The molecule has 3 heterocycles. The Balaban J connectivity index is 1.25. The van der Waals surface area contributed by atoms with E-state index in [1.807, 2.05) is 12.1 Å². The lowest BCUT2D eigenvalue weighted by molar-refractivity contribution is 0.185. The van der Waals surface area contributed by atoms with Gasteiger partial charge in [-0.3, -0.25) is 0 Å². The number of rotatable bonds is 7. The second kappa shape index (κ2) is 12.1. The molecule has 1 aromatic heterocycles. The number of hydrogen-bond donors (Lipinski definition) is 4. The summed E-state index contributed by atoms with van der Waals surface area (Å²) in [5.41, 5.74) is 12.4. The van der Waals surface area contributed by atoms with Gasteiger partial charge in [0.05, 0.1) is 16.7 Å². The monoisotopic (exact) mass is 553 g/mol. The lowest BCUT2D eigenvalue weighted by atomic mass is 10.1. The molecule has 2 aliphatic rings. The van der Waals surface area contributed by atoms with Crippen LogP contribution in [0.1, 0.15) is 55.8 Å². The van der Waals surface area contributed by atoms with Crippen LogP contribution in [0.25, 0.3) is 11.0 Å². The summed E-state index contributed by atoms with van der Waals surface area (Å²) < 4.78 is 0. The maximum atomic E-state index is 13.8. The van der Waals surface area contributed by atoms with E-state index in [4.69, 9.17) is 5.73 Å². The molecule has 1 unspecified atom stereocenters. The van der Waals surface area contributed by atoms with E-state index in [1.165, 1.54) is 49.9 Å². The minimum Gasteiger partial charge on any atom is -0.372 e. The molecule has 9 heteroatoms. The van der Waals surface area contributed by atoms with Gasteiger partial charge in [-0.15, -0.1) is 0 Å². The Kier molecular flexibility index (Phi) is 7.95. The molecule has 2 saturated heterocycles. The Morgan fingerprint density at radius 1 is 0.805 bits per heavy atom. The minimum atomic E-state index is -0.670. The average molecular weight is 554 g/mol. The Morgan fingerprint density at radius 2 is 1.39 bits per heavy atom. The van der Waals surface area contributed by atoms with Crippen molar-refractivity contribution in [2.75, 3.05) is 41.3 Å². The second-order valence-electron chi connectivity index (χ2n) is 11.2. The summed E-state index contributed by atoms with van der Waals surface area (Å²) in [7, 11) is 0. The Hall–Kier alpha value is -4.24. The molecule has 4 aromatic rings. The predicted molar refractivity (Wildman–Crippen MR) is 165 cm³/mol. The van der Waals surface area contributed by atoms with Gasteiger partial charge in [-0.25, -0.2) is 9.59 Å². The Morgan fingerprint density at radius 3 is 2.00 bits per heavy atom. The van der Waals surface area contributed by atoms with Crippen LogP contribution in [-0.4, -0.2) is 47.1 Å². The number of benzene rings is 3. The molecule has 0 bridgehead atoms. The van der Waals surface area contributed by atoms with E-state index in [1.54, 1.807) is 23.1 Å². The first-order valence-electron chi connectivity index (χ1n) is 14.8. The molecule has 0 spiro atoms. The summed E-state index contributed by atoms with van der Waals surface area (Å²) in [6, 6.07) is 21.7. The van der Waals surface area contributed by atoms with Crippen LogP contribution in [0.5, 0.6) is 0 Å². The van der Waals surface area contributed by atoms with Crippen molar-refractivity contribution in [2.24, 2.45) is 5.73 Å². The Labute approximate surface area is 240 Å². The quantitative estimate of drug-likeness (QED) is 0.225. The molecule has 0 radical (unpaired) electrons. The highest BCUT2D eigenvalue weighted by Gasteiger charge is 2.24. The van der Waals surface area contributed by atoms with E-state index in [2.05, 4.69) is 61.5 Å². The summed E-state index contributed by atoms with van der Waals surface area (Å²) in [5.74, 6) is 0. The van der Waals surface area contributed by atoms with Gasteiger partial charge in [-0.1, -0.05) is 30.3 Å². The molecule has 2 aliphatic heterocycles. The van der Waals surface area contributed by atoms with Crippen LogP contribution < -0.4 is 26.5 Å². The van der Waals surface area contributed by atoms with E-state index in [0.717, 1.165) is 37.3 Å². The lowest BCUT2D eigenvalue weighted by Crippen LogP contribution is -2.41. The number of piperidine rings is 2. The number of nitrogens with two attached hydrogens (primary N) is 1. The fourth-order valence-electron chi connectivity index (χ4n) is 6.02. The van der Waals surface area contributed by atoms with E-state index in [0.29, 0.717) is 23.3 Å². The summed E-state index contributed by atoms with van der Waals surface area (Å²) in [4.78, 5) is 37.7. The van der Waals surface area contributed by atoms with Gasteiger partial charge in [0.15, 0.2) is 0 Å². The van der Waals surface area contributed by atoms with Gasteiger partial charge in [0.2, 0.25) is 0 Å². The lowest BCUT2D eigenvalue weighted by Gasteiger charge is -2.32. The molecule has 41 heavy (non-hydrogen) atoms. The number of fused-ring (bicyclic) bond motifs is 1. The van der Waals surface area contributed by atoms with Crippen LogP contribution >= 0.6 is 0 Å². The first-order chi connectivity index (χ1) is 20.0. The third-order valence-corrected chi connectivity index (χ3v) is 8.36. The second-order valence-corrected chi connectivity index (χ2v) is 11.2. The number of para-hydroxylation sites is 1. The molecule has 2 amide bonds. The summed E-state index contributed by atoms with van der Waals surface area (Å²) >= 11 is 0. The molecule has 2 fully saturated rings. The number of nitrogens with zero attached hydrogens (tertiary/aromatic N) is 3. The topological polar surface area (TPSA) is 113 Å². The summed E-state index contributed by atoms with van der Waals surface area (Å²) in [5, 5.41) is 3.00. The number of aromatic amines is 2. The van der Waals surface area contributed by atoms with Crippen LogP contribution in [0.3, 0.4) is 0 Å². The summed E-state index contributed by atoms with van der Waals surface area (Å²) in [6.07, 6.45) is 6.78. The molecule has 5 N–H and O–H groups in total. The highest BCUT2D eigenvalue weighted by atomic mass is 16.2.